The highest BCUT2D eigenvalue weighted by atomic mass is 35.5. The largest absolute Gasteiger partial charge is 0.367 e. The van der Waals surface area contributed by atoms with E-state index in [0.29, 0.717) is 11.4 Å². The Morgan fingerprint density at radius 3 is 2.93 bits per heavy atom. The molecule has 148 valence electrons. The van der Waals surface area contributed by atoms with E-state index in [1.807, 2.05) is 31.5 Å². The molecule has 1 aromatic heterocycles. The highest BCUT2D eigenvalue weighted by molar-refractivity contribution is 6.30. The number of ether oxygens (including phenoxy) is 1. The van der Waals surface area contributed by atoms with Gasteiger partial charge in [0.05, 0.1) is 17.3 Å². The van der Waals surface area contributed by atoms with Crippen LogP contribution in [0.5, 0.6) is 0 Å². The number of likely N-dealkylation sites (tertiary alicyclic amines) is 1. The summed E-state index contributed by atoms with van der Waals surface area (Å²) in [6.45, 7) is 6.79. The van der Waals surface area contributed by atoms with Gasteiger partial charge in [-0.25, -0.2) is 0 Å². The van der Waals surface area contributed by atoms with Gasteiger partial charge >= 0.3 is 0 Å². The summed E-state index contributed by atoms with van der Waals surface area (Å²) >= 11 is 6.19. The van der Waals surface area contributed by atoms with E-state index in [1.165, 1.54) is 0 Å². The molecule has 28 heavy (non-hydrogen) atoms. The number of rotatable bonds is 4. The van der Waals surface area contributed by atoms with Crippen LogP contribution >= 0.6 is 11.6 Å². The number of aromatic nitrogens is 3. The minimum atomic E-state index is -0.797. The highest BCUT2D eigenvalue weighted by Gasteiger charge is 2.53. The Morgan fingerprint density at radius 1 is 1.50 bits per heavy atom. The average molecular weight is 402 g/mol. The summed E-state index contributed by atoms with van der Waals surface area (Å²) in [7, 11) is 1.85. The molecule has 7 nitrogen and oxygen atoms in total. The molecule has 0 bridgehead atoms. The van der Waals surface area contributed by atoms with Crippen molar-refractivity contribution in [2.45, 2.75) is 43.6 Å². The maximum Gasteiger partial charge on any atom is 0.251 e. The van der Waals surface area contributed by atoms with Gasteiger partial charge < -0.3 is 10.5 Å². The van der Waals surface area contributed by atoms with Gasteiger partial charge in [0, 0.05) is 37.3 Å². The number of nitrogens with two attached hydrogens (primary N) is 1. The first-order valence-corrected chi connectivity index (χ1v) is 9.72. The van der Waals surface area contributed by atoms with E-state index < -0.39 is 17.6 Å². The standard InChI is InChI=1S/C20H24ClN5O2/c1-4-7-26-12(2)9-20(10-17(26)16-11-25(3)24-23-16)15-6-5-13(21)8-14(15)18(28-20)19(22)27/h4-6,8,11-12,17-18H,1,7,9-10H2,2-3H3,(H2,22,27)/t12-,17-,18?,20?/m0/s1. The second kappa shape index (κ2) is 6.99. The number of hydrogen-bond acceptors (Lipinski definition) is 5. The van der Waals surface area contributed by atoms with Gasteiger partial charge in [-0.15, -0.1) is 11.7 Å². The van der Waals surface area contributed by atoms with Crippen LogP contribution < -0.4 is 5.73 Å². The lowest BCUT2D eigenvalue weighted by Crippen LogP contribution is -2.50. The molecule has 8 heteroatoms. The fourth-order valence-corrected chi connectivity index (χ4v) is 4.89. The number of benzene rings is 1. The van der Waals surface area contributed by atoms with Gasteiger partial charge in [-0.05, 0) is 36.6 Å². The molecular weight excluding hydrogens is 378 g/mol. The van der Waals surface area contributed by atoms with Crippen molar-refractivity contribution >= 4 is 17.5 Å². The van der Waals surface area contributed by atoms with E-state index in [1.54, 1.807) is 10.7 Å². The SMILES string of the molecule is C=CCN1[C@@H](C)CC2(C[C@H]1c1cn(C)nn1)OC(C(N)=O)c1cc(Cl)ccc12. The molecule has 4 rings (SSSR count). The lowest BCUT2D eigenvalue weighted by atomic mass is 9.76. The summed E-state index contributed by atoms with van der Waals surface area (Å²) in [4.78, 5) is 14.5. The summed E-state index contributed by atoms with van der Waals surface area (Å²) in [6, 6.07) is 5.75. The molecule has 2 aromatic rings. The lowest BCUT2D eigenvalue weighted by Gasteiger charge is -2.48. The lowest BCUT2D eigenvalue weighted by molar-refractivity contribution is -0.157. The van der Waals surface area contributed by atoms with Crippen LogP contribution in [0.15, 0.2) is 37.1 Å². The first kappa shape index (κ1) is 19.1. The van der Waals surface area contributed by atoms with Crippen LogP contribution in [-0.4, -0.2) is 38.4 Å². The van der Waals surface area contributed by atoms with Gasteiger partial charge in [-0.3, -0.25) is 14.4 Å². The number of hydrogen-bond donors (Lipinski definition) is 1. The molecule has 2 unspecified atom stereocenters. The monoisotopic (exact) mass is 401 g/mol. The topological polar surface area (TPSA) is 86.3 Å². The fourth-order valence-electron chi connectivity index (χ4n) is 4.71. The molecule has 2 aliphatic heterocycles. The van der Waals surface area contributed by atoms with Crippen molar-refractivity contribution in [2.24, 2.45) is 12.8 Å². The number of carbonyl (C=O) groups excluding carboxylic acids is 1. The Labute approximate surface area is 169 Å². The zero-order valence-corrected chi connectivity index (χ0v) is 16.8. The third kappa shape index (κ3) is 3.03. The van der Waals surface area contributed by atoms with Gasteiger partial charge in [0.25, 0.3) is 5.91 Å². The van der Waals surface area contributed by atoms with Crippen LogP contribution in [0.4, 0.5) is 0 Å². The number of halogens is 1. The Balaban J connectivity index is 1.80. The first-order chi connectivity index (χ1) is 13.3. The Kier molecular flexibility index (Phi) is 4.77. The zero-order valence-electron chi connectivity index (χ0n) is 16.0. The molecule has 2 aliphatic rings. The van der Waals surface area contributed by atoms with Gasteiger partial charge in [0.15, 0.2) is 6.10 Å². The summed E-state index contributed by atoms with van der Waals surface area (Å²) in [5.74, 6) is -0.502. The fraction of sp³-hybridized carbons (Fsp3) is 0.450. The second-order valence-corrected chi connectivity index (χ2v) is 8.14. The summed E-state index contributed by atoms with van der Waals surface area (Å²) in [5.41, 5.74) is 7.65. The highest BCUT2D eigenvalue weighted by Crippen LogP contribution is 2.54. The molecule has 0 saturated carbocycles. The number of carbonyl (C=O) groups is 1. The summed E-state index contributed by atoms with van der Waals surface area (Å²) in [5, 5.41) is 9.02. The Bertz CT molecular complexity index is 929. The van der Waals surface area contributed by atoms with Crippen molar-refractivity contribution in [3.8, 4) is 0 Å². The summed E-state index contributed by atoms with van der Waals surface area (Å²) in [6.07, 6.45) is 4.40. The average Bonchev–Trinajstić information content (AvgIpc) is 3.19. The maximum atomic E-state index is 12.1. The number of nitrogens with zero attached hydrogens (tertiary/aromatic N) is 4. The van der Waals surface area contributed by atoms with Crippen LogP contribution in [0.3, 0.4) is 0 Å². The van der Waals surface area contributed by atoms with Crippen molar-refractivity contribution in [3.05, 3.63) is 58.9 Å². The normalized spacial score (nSPS) is 29.8. The number of fused-ring (bicyclic) bond motifs is 2. The predicted octanol–water partition coefficient (Wildman–Crippen LogP) is 2.63. The van der Waals surface area contributed by atoms with E-state index >= 15 is 0 Å². The van der Waals surface area contributed by atoms with E-state index in [4.69, 9.17) is 22.1 Å². The van der Waals surface area contributed by atoms with Crippen LogP contribution in [0, 0.1) is 0 Å². The van der Waals surface area contributed by atoms with E-state index in [2.05, 4.69) is 28.7 Å². The molecule has 1 amide bonds. The second-order valence-electron chi connectivity index (χ2n) is 7.70. The van der Waals surface area contributed by atoms with Crippen LogP contribution in [0.25, 0.3) is 0 Å². The maximum absolute atomic E-state index is 12.1. The number of primary amides is 1. The number of piperidine rings is 1. The van der Waals surface area contributed by atoms with Crippen molar-refractivity contribution in [1.82, 2.24) is 19.9 Å². The van der Waals surface area contributed by atoms with Crippen LogP contribution in [0.1, 0.15) is 48.7 Å². The van der Waals surface area contributed by atoms with Crippen molar-refractivity contribution in [1.29, 1.82) is 0 Å². The molecular formula is C20H24ClN5O2. The molecule has 2 N–H and O–H groups in total. The quantitative estimate of drug-likeness (QED) is 0.796. The number of amides is 1. The molecule has 1 fully saturated rings. The first-order valence-electron chi connectivity index (χ1n) is 9.34. The molecule has 1 spiro atoms. The number of aryl methyl sites for hydroxylation is 1. The van der Waals surface area contributed by atoms with Crippen LogP contribution in [-0.2, 0) is 22.2 Å². The van der Waals surface area contributed by atoms with Crippen molar-refractivity contribution in [3.63, 3.8) is 0 Å². The van der Waals surface area contributed by atoms with Gasteiger partial charge in [-0.1, -0.05) is 29.0 Å². The molecule has 1 aromatic carbocycles. The van der Waals surface area contributed by atoms with Gasteiger partial charge in [0.2, 0.25) is 0 Å². The van der Waals surface area contributed by atoms with Crippen LogP contribution in [0.2, 0.25) is 5.02 Å². The molecule has 0 radical (unpaired) electrons. The predicted molar refractivity (Wildman–Crippen MR) is 105 cm³/mol. The Morgan fingerprint density at radius 2 is 2.29 bits per heavy atom. The van der Waals surface area contributed by atoms with Crippen molar-refractivity contribution in [2.75, 3.05) is 6.54 Å². The molecule has 1 saturated heterocycles. The third-order valence-electron chi connectivity index (χ3n) is 5.81. The molecule has 0 aliphatic carbocycles. The third-order valence-corrected chi connectivity index (χ3v) is 6.04. The molecule has 3 heterocycles. The van der Waals surface area contributed by atoms with E-state index in [-0.39, 0.29) is 12.1 Å². The summed E-state index contributed by atoms with van der Waals surface area (Å²) < 4.78 is 8.09. The Hall–Kier alpha value is -2.22. The minimum Gasteiger partial charge on any atom is -0.367 e. The molecule has 4 atom stereocenters. The zero-order chi connectivity index (χ0) is 20.1. The smallest absolute Gasteiger partial charge is 0.251 e. The van der Waals surface area contributed by atoms with Gasteiger partial charge in [-0.2, -0.15) is 0 Å². The van der Waals surface area contributed by atoms with Gasteiger partial charge in [0.1, 0.15) is 0 Å². The van der Waals surface area contributed by atoms with E-state index in [9.17, 15) is 4.79 Å². The van der Waals surface area contributed by atoms with E-state index in [0.717, 1.165) is 29.8 Å². The van der Waals surface area contributed by atoms with Crippen molar-refractivity contribution < 1.29 is 9.53 Å². The minimum absolute atomic E-state index is 0.0226.